The van der Waals surface area contributed by atoms with Crippen LogP contribution in [0.1, 0.15) is 12.0 Å². The van der Waals surface area contributed by atoms with Crippen molar-refractivity contribution in [3.63, 3.8) is 0 Å². The second-order valence-electron chi connectivity index (χ2n) is 7.16. The minimum atomic E-state index is -3.48. The van der Waals surface area contributed by atoms with E-state index in [4.69, 9.17) is 0 Å². The average molecular weight is 449 g/mol. The topological polar surface area (TPSA) is 98.8 Å². The van der Waals surface area contributed by atoms with E-state index in [0.29, 0.717) is 44.7 Å². The van der Waals surface area contributed by atoms with Crippen molar-refractivity contribution < 1.29 is 22.4 Å². The molecule has 2 aromatic rings. The summed E-state index contributed by atoms with van der Waals surface area (Å²) in [6, 6.07) is 11.7. The Morgan fingerprint density at radius 2 is 1.52 bits per heavy atom. The minimum Gasteiger partial charge on any atom is -0.339 e. The van der Waals surface area contributed by atoms with E-state index in [9.17, 15) is 22.4 Å². The van der Waals surface area contributed by atoms with Gasteiger partial charge in [0.05, 0.1) is 4.90 Å². The lowest BCUT2D eigenvalue weighted by molar-refractivity contribution is -0.132. The smallest absolute Gasteiger partial charge is 0.321 e. The van der Waals surface area contributed by atoms with Crippen molar-refractivity contribution in [3.05, 3.63) is 59.9 Å². The molecule has 1 aliphatic rings. The molecule has 1 fully saturated rings. The third-order valence-electron chi connectivity index (χ3n) is 5.15. The van der Waals surface area contributed by atoms with Gasteiger partial charge in [0.15, 0.2) is 0 Å². The maximum absolute atomic E-state index is 13.0. The largest absolute Gasteiger partial charge is 0.339 e. The number of nitrogens with one attached hydrogen (secondary N) is 2. The van der Waals surface area contributed by atoms with E-state index >= 15 is 0 Å². The molecule has 0 aliphatic carbocycles. The quantitative estimate of drug-likeness (QED) is 0.707. The fourth-order valence-corrected chi connectivity index (χ4v) is 3.99. The highest BCUT2D eigenvalue weighted by molar-refractivity contribution is 7.89. The van der Waals surface area contributed by atoms with Crippen molar-refractivity contribution >= 4 is 27.6 Å². The predicted octanol–water partition coefficient (Wildman–Crippen LogP) is 2.04. The number of nitrogens with zero attached hydrogens (tertiary/aromatic N) is 2. The molecule has 1 aliphatic heterocycles. The van der Waals surface area contributed by atoms with Crippen LogP contribution < -0.4 is 10.0 Å². The number of carbonyl (C=O) groups excluding carboxylic acids is 2. The number of anilines is 1. The molecule has 2 N–H and O–H groups in total. The Morgan fingerprint density at radius 3 is 2.10 bits per heavy atom. The summed E-state index contributed by atoms with van der Waals surface area (Å²) in [4.78, 5) is 28.4. The fourth-order valence-electron chi connectivity index (χ4n) is 3.26. The van der Waals surface area contributed by atoms with Crippen LogP contribution in [-0.4, -0.2) is 63.4 Å². The van der Waals surface area contributed by atoms with Gasteiger partial charge in [-0.05, 0) is 55.4 Å². The summed E-state index contributed by atoms with van der Waals surface area (Å²) in [6.07, 6.45) is 0.809. The number of benzene rings is 2. The molecule has 2 aromatic carbocycles. The zero-order valence-corrected chi connectivity index (χ0v) is 18.0. The van der Waals surface area contributed by atoms with Crippen molar-refractivity contribution in [1.82, 2.24) is 14.5 Å². The van der Waals surface area contributed by atoms with Gasteiger partial charge in [0, 0.05) is 38.3 Å². The maximum Gasteiger partial charge on any atom is 0.321 e. The molecule has 3 rings (SSSR count). The summed E-state index contributed by atoms with van der Waals surface area (Å²) in [5.74, 6) is -0.380. The number of piperazine rings is 1. The van der Waals surface area contributed by atoms with Gasteiger partial charge in [0.1, 0.15) is 5.82 Å². The summed E-state index contributed by atoms with van der Waals surface area (Å²) >= 11 is 0. The molecule has 8 nitrogen and oxygen atoms in total. The van der Waals surface area contributed by atoms with Crippen molar-refractivity contribution in [2.45, 2.75) is 17.7 Å². The van der Waals surface area contributed by atoms with Gasteiger partial charge in [-0.2, -0.15) is 0 Å². The van der Waals surface area contributed by atoms with Gasteiger partial charge in [0.2, 0.25) is 15.9 Å². The Balaban J connectivity index is 1.44. The third-order valence-corrected chi connectivity index (χ3v) is 6.58. The highest BCUT2D eigenvalue weighted by Gasteiger charge is 2.24. The first-order chi connectivity index (χ1) is 14.8. The Morgan fingerprint density at radius 1 is 0.935 bits per heavy atom. The number of amides is 3. The molecule has 3 amide bonds. The number of hydrogen-bond acceptors (Lipinski definition) is 4. The number of carbonyl (C=O) groups is 2. The summed E-state index contributed by atoms with van der Waals surface area (Å²) in [5, 5.41) is 2.72. The fraction of sp³-hybridized carbons (Fsp3) is 0.333. The first-order valence-corrected chi connectivity index (χ1v) is 11.4. The zero-order chi connectivity index (χ0) is 22.4. The summed E-state index contributed by atoms with van der Waals surface area (Å²) in [6.45, 7) is 1.70. The molecule has 0 saturated carbocycles. The van der Waals surface area contributed by atoms with Gasteiger partial charge in [-0.3, -0.25) is 4.79 Å². The summed E-state index contributed by atoms with van der Waals surface area (Å²) in [7, 11) is -2.12. The Bertz CT molecular complexity index is 1020. The maximum atomic E-state index is 13.0. The number of halogens is 1. The molecule has 0 unspecified atom stereocenters. The average Bonchev–Trinajstić information content (AvgIpc) is 2.79. The van der Waals surface area contributed by atoms with Crippen molar-refractivity contribution in [2.24, 2.45) is 0 Å². The lowest BCUT2D eigenvalue weighted by atomic mass is 10.1. The lowest BCUT2D eigenvalue weighted by Gasteiger charge is -2.34. The molecule has 0 atom stereocenters. The summed E-state index contributed by atoms with van der Waals surface area (Å²) < 4.78 is 38.7. The molecule has 10 heteroatoms. The van der Waals surface area contributed by atoms with E-state index in [1.54, 1.807) is 21.9 Å². The minimum absolute atomic E-state index is 0.00878. The molecule has 0 radical (unpaired) electrons. The molecule has 166 valence electrons. The molecule has 1 heterocycles. The van der Waals surface area contributed by atoms with Crippen LogP contribution in [0.2, 0.25) is 0 Å². The van der Waals surface area contributed by atoms with E-state index in [0.717, 1.165) is 5.56 Å². The number of aryl methyl sites for hydroxylation is 1. The SMILES string of the molecule is CNS(=O)(=O)c1ccc(CCC(=O)N2CCN(C(=O)Nc3ccc(F)cc3)CC2)cc1. The van der Waals surface area contributed by atoms with E-state index in [1.807, 2.05) is 0 Å². The van der Waals surface area contributed by atoms with Gasteiger partial charge in [-0.15, -0.1) is 0 Å². The highest BCUT2D eigenvalue weighted by atomic mass is 32.2. The molecule has 1 saturated heterocycles. The summed E-state index contributed by atoms with van der Waals surface area (Å²) in [5.41, 5.74) is 1.39. The zero-order valence-electron chi connectivity index (χ0n) is 17.2. The Labute approximate surface area is 181 Å². The lowest BCUT2D eigenvalue weighted by Crippen LogP contribution is -2.51. The monoisotopic (exact) mass is 448 g/mol. The molecule has 0 spiro atoms. The van der Waals surface area contributed by atoms with Crippen molar-refractivity contribution in [1.29, 1.82) is 0 Å². The molecular formula is C21H25FN4O4S. The van der Waals surface area contributed by atoms with Crippen LogP contribution in [-0.2, 0) is 21.2 Å². The molecule has 0 aromatic heterocycles. The van der Waals surface area contributed by atoms with Gasteiger partial charge >= 0.3 is 6.03 Å². The van der Waals surface area contributed by atoms with E-state index in [-0.39, 0.29) is 22.7 Å². The Kier molecular flexibility index (Phi) is 7.24. The second kappa shape index (κ2) is 9.88. The van der Waals surface area contributed by atoms with E-state index in [2.05, 4.69) is 10.0 Å². The normalized spacial score (nSPS) is 14.4. The Hall–Kier alpha value is -2.98. The van der Waals surface area contributed by atoms with Crippen LogP contribution in [0, 0.1) is 5.82 Å². The first kappa shape index (κ1) is 22.7. The standard InChI is InChI=1S/C21H25FN4O4S/c1-23-31(29,30)19-9-2-16(3-10-19)4-11-20(27)25-12-14-26(15-13-25)21(28)24-18-7-5-17(22)6-8-18/h2-3,5-10,23H,4,11-15H2,1H3,(H,24,28). The van der Waals surface area contributed by atoms with Crippen LogP contribution in [0.5, 0.6) is 0 Å². The molecule has 31 heavy (non-hydrogen) atoms. The molecular weight excluding hydrogens is 423 g/mol. The van der Waals surface area contributed by atoms with Crippen LogP contribution in [0.4, 0.5) is 14.9 Å². The third kappa shape index (κ3) is 6.02. The van der Waals surface area contributed by atoms with Crippen molar-refractivity contribution in [2.75, 3.05) is 38.5 Å². The highest BCUT2D eigenvalue weighted by Crippen LogP contribution is 2.14. The van der Waals surface area contributed by atoms with Gasteiger partial charge in [0.25, 0.3) is 0 Å². The van der Waals surface area contributed by atoms with Gasteiger partial charge < -0.3 is 15.1 Å². The number of sulfonamides is 1. The van der Waals surface area contributed by atoms with E-state index in [1.165, 1.54) is 43.4 Å². The number of urea groups is 1. The van der Waals surface area contributed by atoms with Crippen LogP contribution in [0.25, 0.3) is 0 Å². The van der Waals surface area contributed by atoms with E-state index < -0.39 is 10.0 Å². The predicted molar refractivity (Wildman–Crippen MR) is 115 cm³/mol. The van der Waals surface area contributed by atoms with Gasteiger partial charge in [-0.1, -0.05) is 12.1 Å². The van der Waals surface area contributed by atoms with Gasteiger partial charge in [-0.25, -0.2) is 22.3 Å². The second-order valence-corrected chi connectivity index (χ2v) is 9.04. The number of rotatable bonds is 6. The van der Waals surface area contributed by atoms with Crippen LogP contribution in [0.15, 0.2) is 53.4 Å². The van der Waals surface area contributed by atoms with Crippen molar-refractivity contribution in [3.8, 4) is 0 Å². The first-order valence-electron chi connectivity index (χ1n) is 9.90. The molecule has 0 bridgehead atoms. The van der Waals surface area contributed by atoms with Crippen LogP contribution in [0.3, 0.4) is 0 Å². The van der Waals surface area contributed by atoms with Crippen LogP contribution >= 0.6 is 0 Å². The number of hydrogen-bond donors (Lipinski definition) is 2.